The van der Waals surface area contributed by atoms with Crippen LogP contribution in [-0.2, 0) is 4.79 Å². The van der Waals surface area contributed by atoms with Crippen LogP contribution in [0.4, 0.5) is 0 Å². The van der Waals surface area contributed by atoms with Crippen LogP contribution in [0.3, 0.4) is 0 Å². The lowest BCUT2D eigenvalue weighted by Crippen LogP contribution is -2.62. The first-order chi connectivity index (χ1) is 9.15. The van der Waals surface area contributed by atoms with Crippen LogP contribution in [0, 0.1) is 0 Å². The number of carbonyl (C=O) groups excluding carboxylic acids is 1. The van der Waals surface area contributed by atoms with Gasteiger partial charge < -0.3 is 15.3 Å². The molecule has 3 aliphatic rings. The van der Waals surface area contributed by atoms with Crippen molar-refractivity contribution in [2.75, 3.05) is 26.2 Å². The van der Waals surface area contributed by atoms with Crippen LogP contribution in [0.5, 0.6) is 0 Å². The minimum Gasteiger partial charge on any atom is -0.392 e. The van der Waals surface area contributed by atoms with Gasteiger partial charge in [0.15, 0.2) is 0 Å². The molecule has 0 aromatic rings. The van der Waals surface area contributed by atoms with Gasteiger partial charge in [-0.05, 0) is 32.7 Å². The van der Waals surface area contributed by atoms with Crippen LogP contribution in [0.1, 0.15) is 32.6 Å². The molecule has 0 bridgehead atoms. The van der Waals surface area contributed by atoms with Crippen molar-refractivity contribution >= 4 is 5.91 Å². The zero-order chi connectivity index (χ0) is 13.4. The lowest BCUT2D eigenvalue weighted by molar-refractivity contribution is -0.140. The third-order valence-electron chi connectivity index (χ3n) is 4.88. The maximum atomic E-state index is 12.6. The van der Waals surface area contributed by atoms with Gasteiger partial charge in [0.2, 0.25) is 5.91 Å². The molecule has 0 spiro atoms. The Kier molecular flexibility index (Phi) is 3.78. The zero-order valence-electron chi connectivity index (χ0n) is 11.7. The summed E-state index contributed by atoms with van der Waals surface area (Å²) in [6.45, 7) is 5.76. The van der Waals surface area contributed by atoms with E-state index in [9.17, 15) is 9.90 Å². The second-order valence-electron chi connectivity index (χ2n) is 6.33. The number of aliphatic hydroxyl groups excluding tert-OH is 1. The van der Waals surface area contributed by atoms with E-state index in [1.54, 1.807) is 0 Å². The second-order valence-corrected chi connectivity index (χ2v) is 6.33. The first-order valence-electron chi connectivity index (χ1n) is 7.61. The Balaban J connectivity index is 1.65. The molecular weight excluding hydrogens is 242 g/mol. The lowest BCUT2D eigenvalue weighted by Gasteiger charge is -2.48. The number of fused-ring (bicyclic) bond motifs is 1. The van der Waals surface area contributed by atoms with Crippen LogP contribution in [-0.4, -0.2) is 71.2 Å². The molecule has 0 aliphatic carbocycles. The number of rotatable bonds is 1. The van der Waals surface area contributed by atoms with Crippen LogP contribution in [0.25, 0.3) is 0 Å². The van der Waals surface area contributed by atoms with Crippen molar-refractivity contribution in [3.8, 4) is 0 Å². The fourth-order valence-corrected chi connectivity index (χ4v) is 3.76. The van der Waals surface area contributed by atoms with Crippen molar-refractivity contribution in [1.82, 2.24) is 15.1 Å². The van der Waals surface area contributed by atoms with E-state index in [2.05, 4.69) is 17.1 Å². The highest BCUT2D eigenvalue weighted by Gasteiger charge is 2.39. The average Bonchev–Trinajstić information content (AvgIpc) is 2.84. The third kappa shape index (κ3) is 2.64. The third-order valence-corrected chi connectivity index (χ3v) is 4.88. The summed E-state index contributed by atoms with van der Waals surface area (Å²) in [5.41, 5.74) is 0. The minimum absolute atomic E-state index is 0.174. The Morgan fingerprint density at radius 3 is 2.89 bits per heavy atom. The number of piperidine rings is 1. The van der Waals surface area contributed by atoms with E-state index in [0.29, 0.717) is 25.0 Å². The second kappa shape index (κ2) is 5.38. The lowest BCUT2D eigenvalue weighted by atomic mass is 9.96. The van der Waals surface area contributed by atoms with E-state index in [4.69, 9.17) is 0 Å². The maximum absolute atomic E-state index is 12.6. The van der Waals surface area contributed by atoms with Gasteiger partial charge in [0.25, 0.3) is 0 Å². The number of aliphatic hydroxyl groups is 1. The molecule has 4 atom stereocenters. The smallest absolute Gasteiger partial charge is 0.240 e. The highest BCUT2D eigenvalue weighted by Crippen LogP contribution is 2.25. The fraction of sp³-hybridized carbons (Fsp3) is 0.929. The summed E-state index contributed by atoms with van der Waals surface area (Å²) in [5, 5.41) is 12.7. The predicted octanol–water partition coefficient (Wildman–Crippen LogP) is -0.206. The van der Waals surface area contributed by atoms with Crippen LogP contribution in [0.2, 0.25) is 0 Å². The summed E-state index contributed by atoms with van der Waals surface area (Å²) in [6, 6.07) is 0.675. The first-order valence-corrected chi connectivity index (χ1v) is 7.61. The van der Waals surface area contributed by atoms with E-state index < -0.39 is 0 Å². The van der Waals surface area contributed by atoms with E-state index in [1.165, 1.54) is 25.8 Å². The number of hydrogen-bond acceptors (Lipinski definition) is 4. The Labute approximate surface area is 114 Å². The Hall–Kier alpha value is -0.650. The molecule has 0 aromatic carbocycles. The van der Waals surface area contributed by atoms with Gasteiger partial charge in [0.05, 0.1) is 12.1 Å². The summed E-state index contributed by atoms with van der Waals surface area (Å²) >= 11 is 0. The number of piperazine rings is 1. The molecule has 5 heteroatoms. The summed E-state index contributed by atoms with van der Waals surface area (Å²) in [4.78, 5) is 17.2. The number of carbonyl (C=O) groups is 1. The number of amides is 1. The quantitative estimate of drug-likeness (QED) is 0.690. The molecular formula is C14H25N3O2. The average molecular weight is 267 g/mol. The predicted molar refractivity (Wildman–Crippen MR) is 72.8 cm³/mol. The van der Waals surface area contributed by atoms with Gasteiger partial charge in [-0.25, -0.2) is 0 Å². The van der Waals surface area contributed by atoms with Gasteiger partial charge in [0.1, 0.15) is 0 Å². The van der Waals surface area contributed by atoms with Gasteiger partial charge in [-0.2, -0.15) is 0 Å². The molecule has 3 aliphatic heterocycles. The van der Waals surface area contributed by atoms with Gasteiger partial charge in [-0.3, -0.25) is 9.69 Å². The van der Waals surface area contributed by atoms with Crippen LogP contribution < -0.4 is 5.32 Å². The summed E-state index contributed by atoms with van der Waals surface area (Å²) in [5.74, 6) is 0.189. The summed E-state index contributed by atoms with van der Waals surface area (Å²) in [7, 11) is 0. The summed E-state index contributed by atoms with van der Waals surface area (Å²) < 4.78 is 0. The largest absolute Gasteiger partial charge is 0.392 e. The monoisotopic (exact) mass is 267 g/mol. The normalized spacial score (nSPS) is 40.2. The number of hydrogen-bond donors (Lipinski definition) is 2. The molecule has 0 saturated carbocycles. The highest BCUT2D eigenvalue weighted by molar-refractivity contribution is 5.82. The fourth-order valence-electron chi connectivity index (χ4n) is 3.76. The Bertz CT molecular complexity index is 350. The van der Waals surface area contributed by atoms with Crippen molar-refractivity contribution < 1.29 is 9.90 Å². The van der Waals surface area contributed by atoms with Crippen LogP contribution in [0.15, 0.2) is 0 Å². The Morgan fingerprint density at radius 2 is 2.16 bits per heavy atom. The zero-order valence-corrected chi connectivity index (χ0v) is 11.7. The molecule has 4 unspecified atom stereocenters. The molecule has 2 N–H and O–H groups in total. The molecule has 19 heavy (non-hydrogen) atoms. The van der Waals surface area contributed by atoms with Crippen molar-refractivity contribution in [2.45, 2.75) is 56.8 Å². The number of nitrogens with one attached hydrogen (secondary N) is 1. The number of β-amino-alcohol motifs (C(OH)–C–C–N with tert-alkyl or cyclic N) is 1. The van der Waals surface area contributed by atoms with E-state index in [1.807, 2.05) is 4.90 Å². The van der Waals surface area contributed by atoms with Gasteiger partial charge in [-0.15, -0.1) is 0 Å². The maximum Gasteiger partial charge on any atom is 0.240 e. The van der Waals surface area contributed by atoms with Crippen molar-refractivity contribution in [1.29, 1.82) is 0 Å². The van der Waals surface area contributed by atoms with E-state index >= 15 is 0 Å². The minimum atomic E-state index is -0.361. The number of nitrogens with zero attached hydrogens (tertiary/aromatic N) is 2. The molecule has 3 saturated heterocycles. The topological polar surface area (TPSA) is 55.8 Å². The Morgan fingerprint density at radius 1 is 1.32 bits per heavy atom. The van der Waals surface area contributed by atoms with Crippen molar-refractivity contribution in [2.24, 2.45) is 0 Å². The van der Waals surface area contributed by atoms with Crippen molar-refractivity contribution in [3.05, 3.63) is 0 Å². The molecule has 3 fully saturated rings. The molecule has 1 amide bonds. The standard InChI is InChI=1S/C14H25N3O2/c1-10-8-16-5-3-2-4-11(16)9-17(10)14(19)13-6-12(18)7-15-13/h10-13,15,18H,2-9H2,1H3. The van der Waals surface area contributed by atoms with Gasteiger partial charge >= 0.3 is 0 Å². The molecule has 3 rings (SSSR count). The van der Waals surface area contributed by atoms with E-state index in [-0.39, 0.29) is 18.1 Å². The molecule has 5 nitrogen and oxygen atoms in total. The van der Waals surface area contributed by atoms with E-state index in [0.717, 1.165) is 13.1 Å². The van der Waals surface area contributed by atoms with Crippen LogP contribution >= 0.6 is 0 Å². The summed E-state index contributed by atoms with van der Waals surface area (Å²) in [6.07, 6.45) is 4.01. The van der Waals surface area contributed by atoms with Gasteiger partial charge in [-0.1, -0.05) is 6.42 Å². The molecule has 3 heterocycles. The molecule has 0 radical (unpaired) electrons. The molecule has 108 valence electrons. The highest BCUT2D eigenvalue weighted by atomic mass is 16.3. The van der Waals surface area contributed by atoms with Crippen molar-refractivity contribution in [3.63, 3.8) is 0 Å². The van der Waals surface area contributed by atoms with Gasteiger partial charge in [0, 0.05) is 31.7 Å². The SMILES string of the molecule is CC1CN2CCCCC2CN1C(=O)C1CC(O)CN1. The first kappa shape index (κ1) is 13.3. The molecule has 0 aromatic heterocycles.